The van der Waals surface area contributed by atoms with Crippen LogP contribution in [0.15, 0.2) is 0 Å². The number of halogens is 13. The Morgan fingerprint density at radius 1 is 0.703 bits per heavy atom. The van der Waals surface area contributed by atoms with E-state index in [2.05, 4.69) is 9.47 Å². The SMILES string of the molecule is COC(=O)C1C2CC(SCCC(F)(F)C(F)(F)C(F)(F)C(F)(F)C(F)(F)C(F)(F)F)C(C2)C1C(=O)OC. The summed E-state index contributed by atoms with van der Waals surface area (Å²) in [4.78, 5) is 24.2. The van der Waals surface area contributed by atoms with Crippen LogP contribution in [0.5, 0.6) is 0 Å². The third-order valence-corrected chi connectivity index (χ3v) is 8.05. The van der Waals surface area contributed by atoms with Gasteiger partial charge in [-0.2, -0.15) is 68.8 Å². The van der Waals surface area contributed by atoms with Crippen molar-refractivity contribution in [2.24, 2.45) is 23.7 Å². The van der Waals surface area contributed by atoms with E-state index in [1.54, 1.807) is 0 Å². The number of ether oxygens (including phenoxy) is 2. The van der Waals surface area contributed by atoms with Gasteiger partial charge in [0.25, 0.3) is 0 Å². The monoisotopic (exact) mass is 590 g/mol. The van der Waals surface area contributed by atoms with E-state index in [1.165, 1.54) is 0 Å². The first-order valence-electron chi connectivity index (χ1n) is 10.3. The fourth-order valence-corrected chi connectivity index (χ4v) is 6.31. The predicted molar refractivity (Wildman–Crippen MR) is 98.9 cm³/mol. The fraction of sp³-hybridized carbons (Fsp3) is 0.895. The van der Waals surface area contributed by atoms with Crippen molar-refractivity contribution in [2.75, 3.05) is 20.0 Å². The molecule has 37 heavy (non-hydrogen) atoms. The maximum absolute atomic E-state index is 14.0. The molecule has 5 atom stereocenters. The highest BCUT2D eigenvalue weighted by Gasteiger charge is 2.90. The van der Waals surface area contributed by atoms with Crippen LogP contribution < -0.4 is 0 Å². The highest BCUT2D eigenvalue weighted by molar-refractivity contribution is 7.99. The zero-order chi connectivity index (χ0) is 29.0. The summed E-state index contributed by atoms with van der Waals surface area (Å²) in [5.41, 5.74) is 0. The summed E-state index contributed by atoms with van der Waals surface area (Å²) in [6.07, 6.45) is -9.52. The number of fused-ring (bicyclic) bond motifs is 2. The van der Waals surface area contributed by atoms with Gasteiger partial charge in [-0.15, -0.1) is 0 Å². The lowest BCUT2D eigenvalue weighted by atomic mass is 9.79. The van der Waals surface area contributed by atoms with E-state index in [-0.39, 0.29) is 12.8 Å². The van der Waals surface area contributed by atoms with E-state index in [1.807, 2.05) is 0 Å². The van der Waals surface area contributed by atoms with E-state index >= 15 is 0 Å². The summed E-state index contributed by atoms with van der Waals surface area (Å²) >= 11 is 0.437. The average molecular weight is 590 g/mol. The third-order valence-electron chi connectivity index (χ3n) is 6.64. The number of carbonyl (C=O) groups excluding carboxylic acids is 2. The van der Waals surface area contributed by atoms with Crippen LogP contribution in [0, 0.1) is 23.7 Å². The molecule has 5 unspecified atom stereocenters. The quantitative estimate of drug-likeness (QED) is 0.237. The Morgan fingerprint density at radius 2 is 1.16 bits per heavy atom. The molecule has 0 spiro atoms. The molecule has 18 heteroatoms. The van der Waals surface area contributed by atoms with E-state index in [9.17, 15) is 66.7 Å². The van der Waals surface area contributed by atoms with E-state index in [0.29, 0.717) is 11.8 Å². The fourth-order valence-electron chi connectivity index (χ4n) is 4.72. The van der Waals surface area contributed by atoms with Crippen LogP contribution in [-0.2, 0) is 19.1 Å². The lowest BCUT2D eigenvalue weighted by molar-refractivity contribution is -0.439. The molecule has 2 bridgehead atoms. The Bertz CT molecular complexity index is 877. The number of alkyl halides is 13. The second-order valence-corrected chi connectivity index (χ2v) is 10.00. The molecule has 0 saturated heterocycles. The summed E-state index contributed by atoms with van der Waals surface area (Å²) in [6, 6.07) is 0. The summed E-state index contributed by atoms with van der Waals surface area (Å²) in [5, 5.41) is -0.782. The van der Waals surface area contributed by atoms with Crippen LogP contribution in [0.1, 0.15) is 19.3 Å². The number of hydrogen-bond acceptors (Lipinski definition) is 5. The molecular weight excluding hydrogens is 571 g/mol. The lowest BCUT2D eigenvalue weighted by Crippen LogP contribution is -2.70. The van der Waals surface area contributed by atoms with Gasteiger partial charge < -0.3 is 9.47 Å². The smallest absolute Gasteiger partial charge is 0.460 e. The van der Waals surface area contributed by atoms with Crippen molar-refractivity contribution in [2.45, 2.75) is 60.3 Å². The Hall–Kier alpha value is -1.62. The van der Waals surface area contributed by atoms with Crippen LogP contribution in [0.3, 0.4) is 0 Å². The van der Waals surface area contributed by atoms with Gasteiger partial charge in [0.2, 0.25) is 0 Å². The average Bonchev–Trinajstić information content (AvgIpc) is 3.34. The summed E-state index contributed by atoms with van der Waals surface area (Å²) in [7, 11) is 2.03. The van der Waals surface area contributed by atoms with Crippen molar-refractivity contribution >= 4 is 23.7 Å². The van der Waals surface area contributed by atoms with Gasteiger partial charge >= 0.3 is 47.7 Å². The number of hydrogen-bond donors (Lipinski definition) is 0. The first-order valence-corrected chi connectivity index (χ1v) is 11.3. The first-order chi connectivity index (χ1) is 16.5. The predicted octanol–water partition coefficient (Wildman–Crippen LogP) is 5.84. The minimum atomic E-state index is -7.93. The molecule has 216 valence electrons. The number of carbonyl (C=O) groups is 2. The molecule has 0 heterocycles. The molecule has 0 aromatic rings. The molecule has 0 radical (unpaired) electrons. The van der Waals surface area contributed by atoms with Gasteiger partial charge in [0.1, 0.15) is 0 Å². The summed E-state index contributed by atoms with van der Waals surface area (Å²) in [5.74, 6) is -43.1. The maximum Gasteiger partial charge on any atom is 0.460 e. The summed E-state index contributed by atoms with van der Waals surface area (Å²) < 4.78 is 181. The molecule has 0 amide bonds. The molecule has 2 fully saturated rings. The molecular formula is C19H19F13O4S. The van der Waals surface area contributed by atoms with E-state index < -0.39 is 88.8 Å². The molecule has 4 nitrogen and oxygen atoms in total. The van der Waals surface area contributed by atoms with Crippen LogP contribution >= 0.6 is 11.8 Å². The number of esters is 2. The van der Waals surface area contributed by atoms with Gasteiger partial charge in [-0.05, 0) is 30.4 Å². The van der Waals surface area contributed by atoms with E-state index in [4.69, 9.17) is 0 Å². The van der Waals surface area contributed by atoms with Crippen LogP contribution in [0.4, 0.5) is 57.1 Å². The molecule has 2 aliphatic rings. The van der Waals surface area contributed by atoms with Crippen molar-refractivity contribution in [1.82, 2.24) is 0 Å². The Kier molecular flexibility index (Phi) is 8.41. The topological polar surface area (TPSA) is 52.6 Å². The van der Waals surface area contributed by atoms with Crippen LogP contribution in [-0.4, -0.2) is 72.9 Å². The maximum atomic E-state index is 14.0. The first kappa shape index (κ1) is 31.6. The minimum Gasteiger partial charge on any atom is -0.469 e. The Morgan fingerprint density at radius 3 is 1.62 bits per heavy atom. The zero-order valence-electron chi connectivity index (χ0n) is 18.7. The van der Waals surface area contributed by atoms with Gasteiger partial charge in [0.15, 0.2) is 0 Å². The van der Waals surface area contributed by atoms with Gasteiger partial charge in [0, 0.05) is 11.7 Å². The van der Waals surface area contributed by atoms with Crippen molar-refractivity contribution in [3.8, 4) is 0 Å². The van der Waals surface area contributed by atoms with Crippen molar-refractivity contribution < 1.29 is 76.1 Å². The largest absolute Gasteiger partial charge is 0.469 e. The molecule has 2 saturated carbocycles. The Balaban J connectivity index is 2.17. The molecule has 0 N–H and O–H groups in total. The molecule has 0 aliphatic heterocycles. The Labute approximate surface area is 204 Å². The van der Waals surface area contributed by atoms with Crippen molar-refractivity contribution in [3.05, 3.63) is 0 Å². The van der Waals surface area contributed by atoms with Gasteiger partial charge in [-0.3, -0.25) is 9.59 Å². The minimum absolute atomic E-state index is 0.0661. The van der Waals surface area contributed by atoms with Crippen LogP contribution in [0.2, 0.25) is 0 Å². The second-order valence-electron chi connectivity index (χ2n) is 8.65. The zero-order valence-corrected chi connectivity index (χ0v) is 19.5. The van der Waals surface area contributed by atoms with Crippen LogP contribution in [0.25, 0.3) is 0 Å². The molecule has 2 rings (SSSR count). The van der Waals surface area contributed by atoms with Gasteiger partial charge in [-0.1, -0.05) is 0 Å². The van der Waals surface area contributed by atoms with Crippen molar-refractivity contribution in [3.63, 3.8) is 0 Å². The van der Waals surface area contributed by atoms with Gasteiger partial charge in [-0.25, -0.2) is 0 Å². The second kappa shape index (κ2) is 9.84. The third kappa shape index (κ3) is 4.83. The highest BCUT2D eigenvalue weighted by Crippen LogP contribution is 2.61. The number of rotatable bonds is 10. The number of methoxy groups -OCH3 is 2. The normalized spacial score (nSPS) is 27.4. The lowest BCUT2D eigenvalue weighted by Gasteiger charge is -2.40. The standard InChI is InChI=1S/C19H19F13O4S/c1-35-12(33)10-7-5-8(11(10)13(34)36-2)9(6-7)37-4-3-14(20,21)15(22,23)16(24,25)17(26,27)18(28,29)19(30,31)32/h7-11H,3-6H2,1-2H3. The van der Waals surface area contributed by atoms with Gasteiger partial charge in [0.05, 0.1) is 26.1 Å². The van der Waals surface area contributed by atoms with E-state index in [0.717, 1.165) is 14.2 Å². The number of thioether (sulfide) groups is 1. The highest BCUT2D eigenvalue weighted by atomic mass is 32.2. The van der Waals surface area contributed by atoms with Crippen molar-refractivity contribution in [1.29, 1.82) is 0 Å². The molecule has 0 aromatic heterocycles. The summed E-state index contributed by atoms with van der Waals surface area (Å²) in [6.45, 7) is 0. The molecule has 2 aliphatic carbocycles. The molecule has 0 aromatic carbocycles.